The molecule has 144 valence electrons. The Labute approximate surface area is 166 Å². The highest BCUT2D eigenvalue weighted by atomic mass is 16.1. The van der Waals surface area contributed by atoms with Crippen molar-refractivity contribution in [2.45, 2.75) is 20.3 Å². The Bertz CT molecular complexity index is 981. The van der Waals surface area contributed by atoms with Crippen molar-refractivity contribution < 1.29 is 4.79 Å². The molecule has 0 spiro atoms. The van der Waals surface area contributed by atoms with Crippen LogP contribution in [0.2, 0.25) is 0 Å². The van der Waals surface area contributed by atoms with Gasteiger partial charge in [-0.05, 0) is 47.4 Å². The molecule has 4 nitrogen and oxygen atoms in total. The highest BCUT2D eigenvalue weighted by Crippen LogP contribution is 2.22. The molecule has 3 aromatic rings. The number of aryl methyl sites for hydroxylation is 1. The number of rotatable bonds is 8. The number of hydrogen-bond donors (Lipinski definition) is 2. The first kappa shape index (κ1) is 19.6. The zero-order chi connectivity index (χ0) is 19.9. The Morgan fingerprint density at radius 1 is 1.04 bits per heavy atom. The van der Waals surface area contributed by atoms with Crippen molar-refractivity contribution >= 4 is 28.6 Å². The van der Waals surface area contributed by atoms with Crippen molar-refractivity contribution in [3.8, 4) is 0 Å². The first-order valence-electron chi connectivity index (χ1n) is 9.72. The molecule has 4 heteroatoms. The lowest BCUT2D eigenvalue weighted by molar-refractivity contribution is -0.120. The zero-order valence-corrected chi connectivity index (χ0v) is 16.5. The predicted molar refractivity (Wildman–Crippen MR) is 118 cm³/mol. The maximum atomic E-state index is 12.5. The van der Waals surface area contributed by atoms with Gasteiger partial charge in [-0.25, -0.2) is 0 Å². The summed E-state index contributed by atoms with van der Waals surface area (Å²) in [4.78, 5) is 14.8. The third kappa shape index (κ3) is 4.39. The lowest BCUT2D eigenvalue weighted by Crippen LogP contribution is -2.35. The molecule has 28 heavy (non-hydrogen) atoms. The van der Waals surface area contributed by atoms with Crippen molar-refractivity contribution in [1.29, 1.82) is 5.41 Å². The minimum atomic E-state index is 0.0218. The number of para-hydroxylation sites is 1. The number of hydrogen-bond acceptors (Lipinski definition) is 3. The highest BCUT2D eigenvalue weighted by Gasteiger charge is 2.10. The molecule has 0 heterocycles. The largest absolute Gasteiger partial charge is 0.370 e. The van der Waals surface area contributed by atoms with E-state index in [1.54, 1.807) is 0 Å². The van der Waals surface area contributed by atoms with E-state index >= 15 is 0 Å². The molecule has 1 amide bonds. The fourth-order valence-electron chi connectivity index (χ4n) is 3.60. The number of carbonyl (C=O) groups excluding carboxylic acids is 1. The summed E-state index contributed by atoms with van der Waals surface area (Å²) in [5.74, 6) is 0.0218. The van der Waals surface area contributed by atoms with Gasteiger partial charge >= 0.3 is 0 Å². The van der Waals surface area contributed by atoms with Crippen LogP contribution in [0.25, 0.3) is 10.8 Å². The third-order valence-electron chi connectivity index (χ3n) is 5.10. The number of anilines is 1. The van der Waals surface area contributed by atoms with Crippen molar-refractivity contribution in [2.24, 2.45) is 0 Å². The smallest absolute Gasteiger partial charge is 0.224 e. The average molecular weight is 374 g/mol. The van der Waals surface area contributed by atoms with Crippen molar-refractivity contribution in [3.05, 3.63) is 77.4 Å². The molecule has 0 aromatic heterocycles. The van der Waals surface area contributed by atoms with Gasteiger partial charge in [0.2, 0.25) is 5.91 Å². The summed E-state index contributed by atoms with van der Waals surface area (Å²) in [7, 11) is 0. The van der Waals surface area contributed by atoms with Crippen LogP contribution in [0.5, 0.6) is 0 Å². The van der Waals surface area contributed by atoms with E-state index in [1.165, 1.54) is 17.5 Å². The Kier molecular flexibility index (Phi) is 6.43. The molecular weight excluding hydrogens is 346 g/mol. The molecule has 0 unspecified atom stereocenters. The lowest BCUT2D eigenvalue weighted by Gasteiger charge is -2.25. The fraction of sp³-hybridized carbons (Fsp3) is 0.250. The second-order valence-corrected chi connectivity index (χ2v) is 6.90. The van der Waals surface area contributed by atoms with Gasteiger partial charge in [0.1, 0.15) is 0 Å². The quantitative estimate of drug-likeness (QED) is 0.578. The molecule has 0 fully saturated rings. The first-order valence-corrected chi connectivity index (χ1v) is 9.72. The minimum Gasteiger partial charge on any atom is -0.370 e. The van der Waals surface area contributed by atoms with Crippen LogP contribution in [0.1, 0.15) is 23.6 Å². The molecule has 0 saturated heterocycles. The number of benzene rings is 3. The van der Waals surface area contributed by atoms with Crippen LogP contribution in [-0.2, 0) is 11.2 Å². The summed E-state index contributed by atoms with van der Waals surface area (Å²) in [5.41, 5.74) is 4.32. The molecular formula is C24H27N3O. The second-order valence-electron chi connectivity index (χ2n) is 6.90. The van der Waals surface area contributed by atoms with Crippen molar-refractivity contribution in [2.75, 3.05) is 24.5 Å². The molecule has 2 N–H and O–H groups in total. The van der Waals surface area contributed by atoms with Crippen LogP contribution < -0.4 is 10.2 Å². The number of amides is 1. The summed E-state index contributed by atoms with van der Waals surface area (Å²) < 4.78 is 0. The van der Waals surface area contributed by atoms with Gasteiger partial charge in [-0.1, -0.05) is 54.6 Å². The van der Waals surface area contributed by atoms with E-state index in [2.05, 4.69) is 36.2 Å². The van der Waals surface area contributed by atoms with Crippen molar-refractivity contribution in [3.63, 3.8) is 0 Å². The van der Waals surface area contributed by atoms with Gasteiger partial charge in [0.15, 0.2) is 0 Å². The second kappa shape index (κ2) is 9.18. The average Bonchev–Trinajstić information content (AvgIpc) is 2.72. The molecule has 0 radical (unpaired) electrons. The maximum absolute atomic E-state index is 12.5. The van der Waals surface area contributed by atoms with Crippen LogP contribution in [0.4, 0.5) is 5.69 Å². The van der Waals surface area contributed by atoms with E-state index in [1.807, 2.05) is 48.5 Å². The molecule has 3 aromatic carbocycles. The fourth-order valence-corrected chi connectivity index (χ4v) is 3.60. The number of carbonyl (C=O) groups is 1. The molecule has 0 aliphatic rings. The van der Waals surface area contributed by atoms with Gasteiger partial charge in [-0.3, -0.25) is 4.79 Å². The molecule has 3 rings (SSSR count). The van der Waals surface area contributed by atoms with Crippen LogP contribution in [0.15, 0.2) is 60.7 Å². The van der Waals surface area contributed by atoms with Crippen molar-refractivity contribution in [1.82, 2.24) is 5.32 Å². The summed E-state index contributed by atoms with van der Waals surface area (Å²) in [5, 5.41) is 12.7. The Hall–Kier alpha value is -3.14. The first-order chi connectivity index (χ1) is 13.6. The number of nitrogens with zero attached hydrogens (tertiary/aromatic N) is 1. The van der Waals surface area contributed by atoms with Crippen LogP contribution >= 0.6 is 0 Å². The topological polar surface area (TPSA) is 56.2 Å². The van der Waals surface area contributed by atoms with E-state index < -0.39 is 0 Å². The molecule has 0 bridgehead atoms. The third-order valence-corrected chi connectivity index (χ3v) is 5.10. The maximum Gasteiger partial charge on any atom is 0.224 e. The highest BCUT2D eigenvalue weighted by molar-refractivity contribution is 6.01. The number of fused-ring (bicyclic) bond motifs is 1. The predicted octanol–water partition coefficient (Wildman–Crippen LogP) is 4.33. The SMILES string of the molecule is CCN(CCNC(=O)Cc1ccc(C=N)c2ccccc12)c1ccccc1C. The van der Waals surface area contributed by atoms with Gasteiger partial charge in [-0.2, -0.15) is 0 Å². The Morgan fingerprint density at radius 2 is 1.75 bits per heavy atom. The lowest BCUT2D eigenvalue weighted by atomic mass is 9.98. The normalized spacial score (nSPS) is 10.6. The summed E-state index contributed by atoms with van der Waals surface area (Å²) >= 11 is 0. The summed E-state index contributed by atoms with van der Waals surface area (Å²) in [6.07, 6.45) is 1.70. The standard InChI is InChI=1S/C24H27N3O/c1-3-27(23-11-7-4-8-18(23)2)15-14-26-24(28)16-19-12-13-20(17-25)22-10-6-5-9-21(19)22/h4-13,17,25H,3,14-16H2,1-2H3,(H,26,28). The summed E-state index contributed by atoms with van der Waals surface area (Å²) in [6, 6.07) is 20.1. The van der Waals surface area contributed by atoms with E-state index in [4.69, 9.17) is 5.41 Å². The van der Waals surface area contributed by atoms with Crippen LogP contribution in [0, 0.1) is 12.3 Å². The van der Waals surface area contributed by atoms with E-state index in [-0.39, 0.29) is 5.91 Å². The van der Waals surface area contributed by atoms with Crippen LogP contribution in [-0.4, -0.2) is 31.8 Å². The minimum absolute atomic E-state index is 0.0218. The molecule has 0 aliphatic heterocycles. The van der Waals surface area contributed by atoms with Gasteiger partial charge in [-0.15, -0.1) is 0 Å². The monoisotopic (exact) mass is 373 g/mol. The van der Waals surface area contributed by atoms with E-state index in [0.717, 1.165) is 35.0 Å². The number of nitrogens with one attached hydrogen (secondary N) is 2. The van der Waals surface area contributed by atoms with Gasteiger partial charge < -0.3 is 15.6 Å². The van der Waals surface area contributed by atoms with Gasteiger partial charge in [0.05, 0.1) is 6.42 Å². The van der Waals surface area contributed by atoms with Gasteiger partial charge in [0, 0.05) is 31.5 Å². The number of likely N-dealkylation sites (N-methyl/N-ethyl adjacent to an activating group) is 1. The molecule has 0 saturated carbocycles. The van der Waals surface area contributed by atoms with E-state index in [0.29, 0.717) is 13.0 Å². The summed E-state index contributed by atoms with van der Waals surface area (Å²) in [6.45, 7) is 6.53. The zero-order valence-electron chi connectivity index (χ0n) is 16.5. The Morgan fingerprint density at radius 3 is 2.46 bits per heavy atom. The van der Waals surface area contributed by atoms with Crippen LogP contribution in [0.3, 0.4) is 0 Å². The Balaban J connectivity index is 1.63. The molecule has 0 atom stereocenters. The van der Waals surface area contributed by atoms with Gasteiger partial charge in [0.25, 0.3) is 0 Å². The molecule has 0 aliphatic carbocycles. The van der Waals surface area contributed by atoms with E-state index in [9.17, 15) is 4.79 Å².